The highest BCUT2D eigenvalue weighted by Crippen LogP contribution is 2.34. The average molecular weight is 538 g/mol. The predicted molar refractivity (Wildman–Crippen MR) is 172 cm³/mol. The van der Waals surface area contributed by atoms with Gasteiger partial charge in [-0.2, -0.15) is 9.13 Å². The summed E-state index contributed by atoms with van der Waals surface area (Å²) in [5.41, 5.74) is 7.57. The number of para-hydroxylation sites is 2. The van der Waals surface area contributed by atoms with E-state index in [1.807, 2.05) is 0 Å². The lowest BCUT2D eigenvalue weighted by Gasteiger charge is -2.38. The molecule has 0 amide bonds. The maximum Gasteiger partial charge on any atom is 0.213 e. The molecule has 2 aromatic carbocycles. The maximum absolute atomic E-state index is 2.43. The first-order valence-corrected chi connectivity index (χ1v) is 14.9. The first-order chi connectivity index (χ1) is 20.2. The van der Waals surface area contributed by atoms with Crippen molar-refractivity contribution >= 4 is 34.0 Å². The Kier molecular flexibility index (Phi) is 7.78. The third-order valence-corrected chi connectivity index (χ3v) is 8.48. The van der Waals surface area contributed by atoms with Crippen molar-refractivity contribution in [2.45, 2.75) is 39.9 Å². The summed E-state index contributed by atoms with van der Waals surface area (Å²) < 4.78 is 4.62. The molecule has 3 heteroatoms. The van der Waals surface area contributed by atoms with Gasteiger partial charge in [-0.25, -0.2) is 0 Å². The Hall–Kier alpha value is -4.50. The number of fused-ring (bicyclic) bond motifs is 3. The molecule has 2 aliphatic rings. The van der Waals surface area contributed by atoms with Crippen LogP contribution in [0.15, 0.2) is 133 Å². The summed E-state index contributed by atoms with van der Waals surface area (Å²) in [6.07, 6.45) is 27.3. The number of likely N-dealkylation sites (N-methyl/N-ethyl adjacent to an activating group) is 1. The number of aromatic nitrogens is 2. The Bertz CT molecular complexity index is 1670. The molecule has 1 aliphatic carbocycles. The molecule has 4 aromatic rings. The molecule has 6 rings (SSSR count). The van der Waals surface area contributed by atoms with Crippen LogP contribution in [0.5, 0.6) is 0 Å². The van der Waals surface area contributed by atoms with E-state index in [-0.39, 0.29) is 0 Å². The molecule has 3 heterocycles. The molecule has 0 saturated heterocycles. The van der Waals surface area contributed by atoms with Gasteiger partial charge in [0.1, 0.15) is 13.1 Å². The van der Waals surface area contributed by atoms with Crippen LogP contribution >= 0.6 is 0 Å². The number of benzene rings is 2. The Morgan fingerprint density at radius 3 is 1.85 bits per heavy atom. The number of hydrogen-bond acceptors (Lipinski definition) is 1. The van der Waals surface area contributed by atoms with Crippen LogP contribution in [0.25, 0.3) is 34.0 Å². The molecule has 2 unspecified atom stereocenters. The smallest absolute Gasteiger partial charge is 0.213 e. The van der Waals surface area contributed by atoms with Gasteiger partial charge in [-0.05, 0) is 67.5 Å². The fraction of sp³-hybridized carbons (Fsp3) is 0.211. The van der Waals surface area contributed by atoms with Gasteiger partial charge >= 0.3 is 0 Å². The van der Waals surface area contributed by atoms with E-state index in [2.05, 4.69) is 169 Å². The Morgan fingerprint density at radius 1 is 0.732 bits per heavy atom. The largest absolute Gasteiger partial charge is 0.370 e. The van der Waals surface area contributed by atoms with Crippen LogP contribution in [-0.4, -0.2) is 17.5 Å². The Balaban J connectivity index is 1.49. The van der Waals surface area contributed by atoms with Gasteiger partial charge in [0, 0.05) is 36.7 Å². The van der Waals surface area contributed by atoms with Crippen molar-refractivity contribution in [2.75, 3.05) is 6.54 Å². The van der Waals surface area contributed by atoms with Crippen LogP contribution in [-0.2, 0) is 13.1 Å². The van der Waals surface area contributed by atoms with E-state index in [4.69, 9.17) is 0 Å². The van der Waals surface area contributed by atoms with Crippen molar-refractivity contribution in [1.82, 2.24) is 4.90 Å². The van der Waals surface area contributed by atoms with Crippen LogP contribution in [0, 0.1) is 5.92 Å². The van der Waals surface area contributed by atoms with E-state index in [9.17, 15) is 0 Å². The van der Waals surface area contributed by atoms with Crippen LogP contribution in [0.3, 0.4) is 0 Å². The molecular weight excluding hydrogens is 498 g/mol. The van der Waals surface area contributed by atoms with Crippen molar-refractivity contribution in [2.24, 2.45) is 5.92 Å². The van der Waals surface area contributed by atoms with Crippen LogP contribution in [0.4, 0.5) is 0 Å². The topological polar surface area (TPSA) is 11.0 Å². The third-order valence-electron chi connectivity index (χ3n) is 8.48. The first kappa shape index (κ1) is 26.7. The standard InChI is InChI=1S/C38H39N3/c1-4-39-26-23-30(33-13-7-10-16-36(33)39)21-19-29(32-25-28-41(6-3)38-18-12-9-15-35(32)38)20-22-31-24-27-40(5-2)37-17-11-8-14-34(31)37/h7-28,35,38H,4-6H2,1-3H3/q+2. The molecule has 2 aromatic heterocycles. The van der Waals surface area contributed by atoms with E-state index >= 15 is 0 Å². The summed E-state index contributed by atoms with van der Waals surface area (Å²) in [6.45, 7) is 9.52. The molecule has 0 N–H and O–H groups in total. The zero-order valence-electron chi connectivity index (χ0n) is 24.3. The molecule has 0 saturated carbocycles. The van der Waals surface area contributed by atoms with Crippen molar-refractivity contribution in [3.63, 3.8) is 0 Å². The summed E-state index contributed by atoms with van der Waals surface area (Å²) in [6, 6.07) is 22.2. The summed E-state index contributed by atoms with van der Waals surface area (Å²) in [4.78, 5) is 2.43. The molecule has 0 spiro atoms. The van der Waals surface area contributed by atoms with Crippen molar-refractivity contribution in [3.8, 4) is 0 Å². The minimum Gasteiger partial charge on any atom is -0.370 e. The average Bonchev–Trinajstić information content (AvgIpc) is 3.04. The van der Waals surface area contributed by atoms with Gasteiger partial charge in [0.05, 0.1) is 16.8 Å². The number of rotatable bonds is 7. The summed E-state index contributed by atoms with van der Waals surface area (Å²) in [7, 11) is 0. The summed E-state index contributed by atoms with van der Waals surface area (Å²) in [5, 5.41) is 2.55. The minimum absolute atomic E-state index is 0.304. The minimum atomic E-state index is 0.304. The van der Waals surface area contributed by atoms with E-state index in [1.165, 1.54) is 44.1 Å². The molecule has 0 fully saturated rings. The number of allylic oxidation sites excluding steroid dienone is 6. The van der Waals surface area contributed by atoms with E-state index < -0.39 is 0 Å². The van der Waals surface area contributed by atoms with Gasteiger partial charge in [0.25, 0.3) is 0 Å². The normalized spacial score (nSPS) is 18.3. The fourth-order valence-corrected chi connectivity index (χ4v) is 6.26. The quantitative estimate of drug-likeness (QED) is 0.221. The van der Waals surface area contributed by atoms with Gasteiger partial charge in [0.2, 0.25) is 11.0 Å². The van der Waals surface area contributed by atoms with Crippen molar-refractivity contribution in [1.29, 1.82) is 0 Å². The van der Waals surface area contributed by atoms with Gasteiger partial charge in [-0.15, -0.1) is 0 Å². The predicted octanol–water partition coefficient (Wildman–Crippen LogP) is 7.59. The molecule has 3 nitrogen and oxygen atoms in total. The summed E-state index contributed by atoms with van der Waals surface area (Å²) in [5.74, 6) is 0.304. The van der Waals surface area contributed by atoms with Gasteiger partial charge < -0.3 is 4.90 Å². The molecule has 41 heavy (non-hydrogen) atoms. The second-order valence-corrected chi connectivity index (χ2v) is 10.7. The Labute approximate surface area is 244 Å². The highest BCUT2D eigenvalue weighted by atomic mass is 15.1. The maximum atomic E-state index is 2.43. The fourth-order valence-electron chi connectivity index (χ4n) is 6.26. The first-order valence-electron chi connectivity index (χ1n) is 14.9. The van der Waals surface area contributed by atoms with Crippen molar-refractivity contribution < 1.29 is 9.13 Å². The van der Waals surface area contributed by atoms with Crippen LogP contribution in [0.2, 0.25) is 0 Å². The zero-order valence-corrected chi connectivity index (χ0v) is 24.3. The van der Waals surface area contributed by atoms with Crippen molar-refractivity contribution in [3.05, 3.63) is 144 Å². The second-order valence-electron chi connectivity index (χ2n) is 10.7. The van der Waals surface area contributed by atoms with E-state index in [1.54, 1.807) is 0 Å². The van der Waals surface area contributed by atoms with Crippen LogP contribution in [0.1, 0.15) is 31.9 Å². The lowest BCUT2D eigenvalue weighted by atomic mass is 9.81. The van der Waals surface area contributed by atoms with Gasteiger partial charge in [-0.1, -0.05) is 72.9 Å². The highest BCUT2D eigenvalue weighted by Gasteiger charge is 2.29. The van der Waals surface area contributed by atoms with E-state index in [0.29, 0.717) is 12.0 Å². The number of nitrogens with zero attached hydrogens (tertiary/aromatic N) is 3. The monoisotopic (exact) mass is 537 g/mol. The molecule has 1 aliphatic heterocycles. The number of pyridine rings is 2. The molecular formula is C38H39N3+2. The molecule has 204 valence electrons. The molecule has 2 atom stereocenters. The highest BCUT2D eigenvalue weighted by molar-refractivity contribution is 5.87. The second kappa shape index (κ2) is 11.9. The summed E-state index contributed by atoms with van der Waals surface area (Å²) >= 11 is 0. The van der Waals surface area contributed by atoms with Crippen LogP contribution < -0.4 is 9.13 Å². The van der Waals surface area contributed by atoms with Gasteiger partial charge in [-0.3, -0.25) is 0 Å². The zero-order chi connectivity index (χ0) is 28.2. The molecule has 0 radical (unpaired) electrons. The SMILES string of the molecule is CCN1C=CC(=C(C=Cc2cc[n+](CC)c3ccccc23)C=Cc2cc[n+](CC)c3ccccc23)C2C=CC=CC21. The Morgan fingerprint density at radius 2 is 1.29 bits per heavy atom. The third kappa shape index (κ3) is 5.20. The lowest BCUT2D eigenvalue weighted by Crippen LogP contribution is -2.39. The lowest BCUT2D eigenvalue weighted by molar-refractivity contribution is -0.668. The van der Waals surface area contributed by atoms with Gasteiger partial charge in [0.15, 0.2) is 12.4 Å². The number of aryl methyl sites for hydroxylation is 2. The van der Waals surface area contributed by atoms with E-state index in [0.717, 1.165) is 19.6 Å². The number of hydrogen-bond donors (Lipinski definition) is 0. The molecule has 0 bridgehead atoms.